The van der Waals surface area contributed by atoms with Gasteiger partial charge in [0.15, 0.2) is 0 Å². The van der Waals surface area contributed by atoms with E-state index in [-0.39, 0.29) is 0 Å². The predicted molar refractivity (Wildman–Crippen MR) is 75.4 cm³/mol. The quantitative estimate of drug-likeness (QED) is 0.356. The Kier molecular flexibility index (Phi) is 7.10. The smallest absolute Gasteiger partial charge is 0.151 e. The van der Waals surface area contributed by atoms with Gasteiger partial charge in [-0.3, -0.25) is 0 Å². The van der Waals surface area contributed by atoms with Crippen LogP contribution in [0.4, 0.5) is 26.3 Å². The van der Waals surface area contributed by atoms with Crippen LogP contribution < -0.4 is 0 Å². The molecule has 0 saturated heterocycles. The fourth-order valence-electron chi connectivity index (χ4n) is 1.59. The second-order valence-electron chi connectivity index (χ2n) is 5.88. The van der Waals surface area contributed by atoms with Gasteiger partial charge in [0.05, 0.1) is 0 Å². The van der Waals surface area contributed by atoms with Crippen LogP contribution in [0.25, 0.3) is 0 Å². The zero-order valence-electron chi connectivity index (χ0n) is 13.8. The molecule has 0 aliphatic heterocycles. The van der Waals surface area contributed by atoms with Crippen molar-refractivity contribution in [2.75, 3.05) is 0 Å². The molecule has 6 nitrogen and oxygen atoms in total. The van der Waals surface area contributed by atoms with E-state index < -0.39 is 46.0 Å². The average molecular weight is 421 g/mol. The van der Waals surface area contributed by atoms with Crippen molar-refractivity contribution >= 4 is 20.0 Å². The molecule has 0 aromatic rings. The van der Waals surface area contributed by atoms with Crippen LogP contribution in [0.15, 0.2) is 5.11 Å². The maximum atomic E-state index is 12.7. The molecule has 0 spiro atoms. The van der Waals surface area contributed by atoms with E-state index in [1.54, 1.807) is 6.92 Å². The molecule has 0 saturated carbocycles. The molecule has 150 valence electrons. The van der Waals surface area contributed by atoms with Crippen LogP contribution in [0, 0.1) is 5.92 Å². The van der Waals surface area contributed by atoms with Gasteiger partial charge in [-0.15, -0.1) is 0 Å². The predicted octanol–water partition coefficient (Wildman–Crippen LogP) is 3.76. The van der Waals surface area contributed by atoms with Crippen molar-refractivity contribution < 1.29 is 46.7 Å². The molecular weight excluding hydrogens is 402 g/mol. The number of halogens is 6. The molecule has 0 bridgehead atoms. The van der Waals surface area contributed by atoms with Crippen molar-refractivity contribution in [1.82, 2.24) is 0 Å². The van der Waals surface area contributed by atoms with Crippen molar-refractivity contribution in [1.29, 1.82) is 0 Å². The summed E-state index contributed by atoms with van der Waals surface area (Å²) in [5.41, 5.74) is -14.4. The van der Waals surface area contributed by atoms with E-state index in [9.17, 15) is 43.2 Å². The van der Waals surface area contributed by atoms with Gasteiger partial charge < -0.3 is 0 Å². The first kappa shape index (κ1) is 24.1. The van der Waals surface area contributed by atoms with E-state index in [1.807, 2.05) is 0 Å². The molecule has 0 N–H and O–H groups in total. The molecular formula is C11H19F6N2O4S2+. The van der Waals surface area contributed by atoms with E-state index >= 15 is 0 Å². The lowest BCUT2D eigenvalue weighted by Crippen LogP contribution is -2.45. The second-order valence-corrected chi connectivity index (χ2v) is 9.63. The van der Waals surface area contributed by atoms with Crippen LogP contribution in [0.2, 0.25) is 0 Å². The van der Waals surface area contributed by atoms with Crippen molar-refractivity contribution in [2.45, 2.75) is 63.5 Å². The lowest BCUT2D eigenvalue weighted by molar-refractivity contribution is -0.317. The Labute approximate surface area is 142 Å². The van der Waals surface area contributed by atoms with Crippen LogP contribution in [0.5, 0.6) is 0 Å². The number of hydrogen-bond donors (Lipinski definition) is 0. The molecule has 0 amide bonds. The van der Waals surface area contributed by atoms with Gasteiger partial charge in [0.2, 0.25) is 0 Å². The highest BCUT2D eigenvalue weighted by Crippen LogP contribution is 2.35. The minimum atomic E-state index is -6.91. The summed E-state index contributed by atoms with van der Waals surface area (Å²) >= 11 is 0. The van der Waals surface area contributed by atoms with Gasteiger partial charge in [0, 0.05) is 0 Å². The first-order valence-electron chi connectivity index (χ1n) is 6.98. The summed E-state index contributed by atoms with van der Waals surface area (Å²) in [4.78, 5) is 0. The standard InChI is InChI=1S/C11H19F6N2O4S2/c1-5-6-7-8(2)9(3,4)18-19(24(20,21)10(12,13)14)25(22,23)11(15,16)17/h8H,5-7H2,1-4H3/q+1. The Morgan fingerprint density at radius 2 is 1.28 bits per heavy atom. The van der Waals surface area contributed by atoms with Gasteiger partial charge in [0.1, 0.15) is 9.05 Å². The molecule has 0 aliphatic carbocycles. The topological polar surface area (TPSA) is 83.7 Å². The van der Waals surface area contributed by atoms with E-state index in [2.05, 4.69) is 5.11 Å². The van der Waals surface area contributed by atoms with Crippen LogP contribution >= 0.6 is 0 Å². The summed E-state index contributed by atoms with van der Waals surface area (Å²) in [6, 6.07) is 0. The third-order valence-corrected chi connectivity index (χ3v) is 6.87. The molecule has 0 rings (SSSR count). The van der Waals surface area contributed by atoms with Crippen LogP contribution in [0.1, 0.15) is 47.0 Å². The van der Waals surface area contributed by atoms with Gasteiger partial charge in [-0.05, 0) is 31.3 Å². The first-order chi connectivity index (χ1) is 10.8. The Balaban J connectivity index is 6.57. The van der Waals surface area contributed by atoms with Crippen LogP contribution in [-0.4, -0.2) is 36.9 Å². The molecule has 0 fully saturated rings. The van der Waals surface area contributed by atoms with Crippen molar-refractivity contribution in [3.05, 3.63) is 0 Å². The van der Waals surface area contributed by atoms with E-state index in [0.29, 0.717) is 19.3 Å². The Hall–Kier alpha value is -0.920. The summed E-state index contributed by atoms with van der Waals surface area (Å²) in [7, 11) is -13.8. The first-order valence-corrected chi connectivity index (χ1v) is 9.86. The summed E-state index contributed by atoms with van der Waals surface area (Å²) in [5.74, 6) is -0.693. The number of hydrogen-bond acceptors (Lipinski definition) is 5. The highest BCUT2D eigenvalue weighted by atomic mass is 32.3. The minimum Gasteiger partial charge on any atom is -0.151 e. The van der Waals surface area contributed by atoms with Crippen molar-refractivity contribution in [3.63, 3.8) is 0 Å². The maximum absolute atomic E-state index is 12.7. The molecule has 0 aromatic carbocycles. The summed E-state index contributed by atoms with van der Waals surface area (Å²) in [6.45, 7) is 5.30. The third-order valence-electron chi connectivity index (χ3n) is 3.53. The third kappa shape index (κ3) is 5.28. The lowest BCUT2D eigenvalue weighted by atomic mass is 9.86. The summed E-state index contributed by atoms with van der Waals surface area (Å²) < 4.78 is 120. The molecule has 1 atom stereocenters. The lowest BCUT2D eigenvalue weighted by Gasteiger charge is -2.24. The molecule has 0 heterocycles. The molecule has 14 heteroatoms. The molecule has 1 unspecified atom stereocenters. The number of nitrogens with zero attached hydrogens (tertiary/aromatic N) is 2. The normalized spacial score (nSPS) is 15.8. The van der Waals surface area contributed by atoms with Gasteiger partial charge in [0.25, 0.3) is 0 Å². The SMILES string of the molecule is CCCCC(C)C(C)(C)N=[N+](S(=O)(=O)C(F)(F)F)S(=O)(=O)C(F)(F)F. The number of unbranched alkanes of at least 4 members (excludes halogenated alkanes) is 1. The van der Waals surface area contributed by atoms with E-state index in [4.69, 9.17) is 0 Å². The van der Waals surface area contributed by atoms with Crippen molar-refractivity contribution in [2.24, 2.45) is 11.0 Å². The Morgan fingerprint density at radius 3 is 1.56 bits per heavy atom. The van der Waals surface area contributed by atoms with Gasteiger partial charge in [-0.2, -0.15) is 43.2 Å². The highest BCUT2D eigenvalue weighted by Gasteiger charge is 2.69. The maximum Gasteiger partial charge on any atom is 0.564 e. The highest BCUT2D eigenvalue weighted by molar-refractivity contribution is 7.98. The van der Waals surface area contributed by atoms with E-state index in [0.717, 1.165) is 13.8 Å². The second kappa shape index (κ2) is 7.37. The zero-order chi connectivity index (χ0) is 20.5. The minimum absolute atomic E-state index is 0.291. The number of sulfonamides is 2. The number of alkyl halides is 6. The molecule has 0 aliphatic rings. The fourth-order valence-corrected chi connectivity index (χ4v) is 4.12. The van der Waals surface area contributed by atoms with Crippen molar-refractivity contribution in [3.8, 4) is 0 Å². The van der Waals surface area contributed by atoms with Gasteiger partial charge >= 0.3 is 31.1 Å². The monoisotopic (exact) mass is 421 g/mol. The van der Waals surface area contributed by atoms with Crippen LogP contribution in [0.3, 0.4) is 0 Å². The zero-order valence-corrected chi connectivity index (χ0v) is 15.4. The van der Waals surface area contributed by atoms with Gasteiger partial charge in [-0.1, -0.05) is 26.7 Å². The molecule has 0 aromatic heterocycles. The fraction of sp³-hybridized carbons (Fsp3) is 1.00. The Bertz CT molecular complexity index is 662. The van der Waals surface area contributed by atoms with E-state index in [1.165, 1.54) is 6.92 Å². The average Bonchev–Trinajstić information content (AvgIpc) is 2.39. The largest absolute Gasteiger partial charge is 0.564 e. The Morgan fingerprint density at radius 1 is 0.920 bits per heavy atom. The van der Waals surface area contributed by atoms with Crippen LogP contribution in [-0.2, 0) is 20.0 Å². The molecule has 0 radical (unpaired) electrons. The summed E-state index contributed by atoms with van der Waals surface area (Å²) in [6.07, 6.45) is 1.49. The molecule has 25 heavy (non-hydrogen) atoms. The summed E-state index contributed by atoms with van der Waals surface area (Å²) in [5, 5.41) is 2.85. The number of rotatable bonds is 7. The van der Waals surface area contributed by atoms with Gasteiger partial charge in [-0.25, -0.2) is 0 Å².